The first-order valence-electron chi connectivity index (χ1n) is 13.7. The van der Waals surface area contributed by atoms with Gasteiger partial charge in [-0.3, -0.25) is 9.59 Å². The lowest BCUT2D eigenvalue weighted by molar-refractivity contribution is -0.376. The van der Waals surface area contributed by atoms with Crippen molar-refractivity contribution in [3.8, 4) is 5.75 Å². The van der Waals surface area contributed by atoms with Crippen molar-refractivity contribution < 1.29 is 44.6 Å². The van der Waals surface area contributed by atoms with Gasteiger partial charge in [0.25, 0.3) is 0 Å². The van der Waals surface area contributed by atoms with Gasteiger partial charge in [0.15, 0.2) is 11.6 Å². The minimum Gasteiger partial charge on any atom is -0.511 e. The Morgan fingerprint density at radius 1 is 1.20 bits per heavy atom. The van der Waals surface area contributed by atoms with Gasteiger partial charge in [0.2, 0.25) is 6.29 Å². The zero-order valence-corrected chi connectivity index (χ0v) is 22.5. The molecule has 3 aliphatic carbocycles. The van der Waals surface area contributed by atoms with Gasteiger partial charge in [-0.2, -0.15) is 0 Å². The lowest BCUT2D eigenvalue weighted by Gasteiger charge is -2.59. The molecule has 0 aromatic heterocycles. The third-order valence-corrected chi connectivity index (χ3v) is 9.21. The predicted octanol–water partition coefficient (Wildman–Crippen LogP) is 0.749. The molecule has 1 aromatic rings. The summed E-state index contributed by atoms with van der Waals surface area (Å²) in [6.45, 7) is 1.57. The van der Waals surface area contributed by atoms with Crippen molar-refractivity contribution in [2.24, 2.45) is 23.5 Å². The molecule has 11 heteroatoms. The van der Waals surface area contributed by atoms with E-state index < -0.39 is 59.8 Å². The average molecular weight is 567 g/mol. The number of benzene rings is 1. The Kier molecular flexibility index (Phi) is 6.63. The Morgan fingerprint density at radius 3 is 2.71 bits per heavy atom. The van der Waals surface area contributed by atoms with Gasteiger partial charge in [-0.15, -0.1) is 0 Å². The van der Waals surface area contributed by atoms with Crippen LogP contribution in [0.4, 0.5) is 0 Å². The van der Waals surface area contributed by atoms with Crippen LogP contribution in [-0.4, -0.2) is 80.0 Å². The Morgan fingerprint density at radius 2 is 1.98 bits per heavy atom. The fourth-order valence-corrected chi connectivity index (χ4v) is 7.07. The number of carbonyl (C=O) groups excluding carboxylic acids is 2. The molecule has 218 valence electrons. The normalized spacial score (nSPS) is 38.0. The molecule has 8 atom stereocenters. The van der Waals surface area contributed by atoms with E-state index in [2.05, 4.69) is 5.32 Å². The molecule has 2 heterocycles. The number of aliphatic hydroxyl groups is 5. The molecule has 2 aliphatic heterocycles. The first kappa shape index (κ1) is 27.7. The minimum atomic E-state index is -2.15. The van der Waals surface area contributed by atoms with Gasteiger partial charge >= 0.3 is 0 Å². The van der Waals surface area contributed by atoms with Gasteiger partial charge in [0, 0.05) is 12.1 Å². The summed E-state index contributed by atoms with van der Waals surface area (Å²) in [6, 6.07) is 4.46. The second kappa shape index (κ2) is 9.81. The number of dihydropyridines is 1. The van der Waals surface area contributed by atoms with E-state index in [-0.39, 0.29) is 41.3 Å². The number of hydrogen-bond acceptors (Lipinski definition) is 11. The Bertz CT molecular complexity index is 1430. The SMILES string of the molecule is CC1=C[C@@H]2C(=O)c3cccc(O[C@@H]4O[C@@]5(CO)CC[C@@H](CC6=CCNC(N)=C6)[C@](O)([C@@H]5O)[C@H]4O)c3C(=O)[C@@H]2C(O)=C1. The molecule has 6 rings (SSSR count). The Labute approximate surface area is 236 Å². The standard InChI is InChI=1S/C30H34N2O9/c1-14-9-18-22(19(34)10-14)25(36)23-17(24(18)35)3-2-4-20(23)40-27-26(37)30(39)16(11-15-6-8-32-21(31)12-15)5-7-29(13-33,41-27)28(30)38/h2-4,6,9-10,12,16,18,22,26-28,32-34,37-39H,5,7-8,11,13,31H2,1H3/t16-,18-,22-,26-,27+,28+,29+,30+/m0/s1. The number of ether oxygens (including phenoxy) is 2. The number of aliphatic hydroxyl groups excluding tert-OH is 4. The Hall–Kier alpha value is -3.48. The molecule has 0 unspecified atom stereocenters. The highest BCUT2D eigenvalue weighted by atomic mass is 16.7. The van der Waals surface area contributed by atoms with Crippen molar-refractivity contribution in [2.75, 3.05) is 13.2 Å². The summed E-state index contributed by atoms with van der Waals surface area (Å²) in [5.74, 6) is -3.35. The molecule has 0 radical (unpaired) electrons. The van der Waals surface area contributed by atoms with Gasteiger partial charge < -0.3 is 46.1 Å². The van der Waals surface area contributed by atoms with E-state index in [0.717, 1.165) is 5.57 Å². The summed E-state index contributed by atoms with van der Waals surface area (Å²) in [5.41, 5.74) is 3.64. The number of nitrogens with one attached hydrogen (secondary N) is 1. The van der Waals surface area contributed by atoms with Gasteiger partial charge in [-0.1, -0.05) is 29.9 Å². The molecule has 8 N–H and O–H groups in total. The van der Waals surface area contributed by atoms with Crippen molar-refractivity contribution in [1.29, 1.82) is 0 Å². The molecule has 5 aliphatic rings. The zero-order chi connectivity index (χ0) is 29.3. The van der Waals surface area contributed by atoms with E-state index in [1.807, 2.05) is 6.08 Å². The first-order valence-corrected chi connectivity index (χ1v) is 13.7. The Balaban J connectivity index is 1.35. The van der Waals surface area contributed by atoms with Crippen LogP contribution < -0.4 is 15.8 Å². The molecule has 1 saturated carbocycles. The fraction of sp³-hybridized carbons (Fsp3) is 0.467. The van der Waals surface area contributed by atoms with E-state index in [9.17, 15) is 35.1 Å². The van der Waals surface area contributed by atoms with E-state index in [1.165, 1.54) is 24.3 Å². The highest BCUT2D eigenvalue weighted by Gasteiger charge is 2.67. The first-order chi connectivity index (χ1) is 19.5. The third-order valence-electron chi connectivity index (χ3n) is 9.21. The summed E-state index contributed by atoms with van der Waals surface area (Å²) in [6.07, 6.45) is 2.45. The van der Waals surface area contributed by atoms with E-state index in [4.69, 9.17) is 15.2 Å². The predicted molar refractivity (Wildman–Crippen MR) is 145 cm³/mol. The molecular weight excluding hydrogens is 532 g/mol. The van der Waals surface area contributed by atoms with Gasteiger partial charge in [-0.25, -0.2) is 0 Å². The van der Waals surface area contributed by atoms with Gasteiger partial charge in [0.05, 0.1) is 29.8 Å². The summed E-state index contributed by atoms with van der Waals surface area (Å²) in [5, 5.41) is 58.6. The van der Waals surface area contributed by atoms with Crippen molar-refractivity contribution >= 4 is 11.6 Å². The van der Waals surface area contributed by atoms with Gasteiger partial charge in [0.1, 0.15) is 34.9 Å². The van der Waals surface area contributed by atoms with Crippen LogP contribution in [0.25, 0.3) is 0 Å². The topological polar surface area (TPSA) is 192 Å². The quantitative estimate of drug-likeness (QED) is 0.266. The van der Waals surface area contributed by atoms with Crippen LogP contribution in [0.5, 0.6) is 5.75 Å². The molecule has 2 bridgehead atoms. The molecular formula is C30H34N2O9. The minimum absolute atomic E-state index is 0.0687. The van der Waals surface area contributed by atoms with E-state index in [1.54, 1.807) is 19.1 Å². The second-order valence-corrected chi connectivity index (χ2v) is 11.7. The van der Waals surface area contributed by atoms with E-state index in [0.29, 0.717) is 24.4 Å². The molecule has 2 fully saturated rings. The molecule has 1 saturated heterocycles. The largest absolute Gasteiger partial charge is 0.511 e. The second-order valence-electron chi connectivity index (χ2n) is 11.7. The highest BCUT2D eigenvalue weighted by Crippen LogP contribution is 2.51. The summed E-state index contributed by atoms with van der Waals surface area (Å²) >= 11 is 0. The molecule has 0 amide bonds. The summed E-state index contributed by atoms with van der Waals surface area (Å²) < 4.78 is 12.0. The number of hydrogen-bond donors (Lipinski definition) is 7. The van der Waals surface area contributed by atoms with Crippen molar-refractivity contribution in [3.05, 3.63) is 76.4 Å². The smallest absolute Gasteiger partial charge is 0.229 e. The average Bonchev–Trinajstić information content (AvgIpc) is 2.94. The van der Waals surface area contributed by atoms with E-state index >= 15 is 0 Å². The van der Waals surface area contributed by atoms with Crippen LogP contribution in [0.2, 0.25) is 0 Å². The number of Topliss-reactive ketones (excluding diaryl/α,β-unsaturated/α-hetero) is 2. The lowest BCUT2D eigenvalue weighted by Crippen LogP contribution is -2.77. The monoisotopic (exact) mass is 566 g/mol. The van der Waals surface area contributed by atoms with Crippen molar-refractivity contribution in [2.45, 2.75) is 55.9 Å². The molecule has 1 aromatic carbocycles. The number of rotatable bonds is 5. The number of carbonyl (C=O) groups is 2. The van der Waals surface area contributed by atoms with Crippen LogP contribution >= 0.6 is 0 Å². The van der Waals surface area contributed by atoms with Crippen molar-refractivity contribution in [1.82, 2.24) is 5.32 Å². The molecule has 0 spiro atoms. The highest BCUT2D eigenvalue weighted by molar-refractivity contribution is 6.19. The third kappa shape index (κ3) is 4.14. The number of allylic oxidation sites excluding steroid dienone is 6. The van der Waals surface area contributed by atoms with Crippen molar-refractivity contribution in [3.63, 3.8) is 0 Å². The maximum absolute atomic E-state index is 13.7. The lowest BCUT2D eigenvalue weighted by atomic mass is 9.60. The number of ketones is 2. The van der Waals surface area contributed by atoms with Crippen LogP contribution in [0.3, 0.4) is 0 Å². The van der Waals surface area contributed by atoms with Crippen LogP contribution in [0.1, 0.15) is 46.9 Å². The maximum atomic E-state index is 13.7. The number of nitrogens with two attached hydrogens (primary N) is 1. The number of fused-ring (bicyclic) bond motifs is 4. The zero-order valence-electron chi connectivity index (χ0n) is 22.5. The summed E-state index contributed by atoms with van der Waals surface area (Å²) in [7, 11) is 0. The molecule has 41 heavy (non-hydrogen) atoms. The van der Waals surface area contributed by atoms with Crippen LogP contribution in [-0.2, 0) is 4.74 Å². The van der Waals surface area contributed by atoms with Gasteiger partial charge in [-0.05, 0) is 55.9 Å². The van der Waals surface area contributed by atoms with Crippen LogP contribution in [0, 0.1) is 17.8 Å². The fourth-order valence-electron chi connectivity index (χ4n) is 7.07. The van der Waals surface area contributed by atoms with Crippen LogP contribution in [0.15, 0.2) is 65.2 Å². The maximum Gasteiger partial charge on any atom is 0.229 e. The summed E-state index contributed by atoms with van der Waals surface area (Å²) in [4.78, 5) is 27.1. The molecule has 11 nitrogen and oxygen atoms in total.